The number of halogens is 8. The zero-order chi connectivity index (χ0) is 36.7. The Hall–Kier alpha value is -2.53. The fraction of sp³-hybridized carbons (Fsp3) is 0.595. The van der Waals surface area contributed by atoms with Crippen LogP contribution in [0.3, 0.4) is 0 Å². The maximum Gasteiger partial charge on any atom is 0.416 e. The average Bonchev–Trinajstić information content (AvgIpc) is 3.09. The summed E-state index contributed by atoms with van der Waals surface area (Å²) in [5.41, 5.74) is 1.01. The van der Waals surface area contributed by atoms with Crippen molar-refractivity contribution in [2.24, 2.45) is 5.41 Å². The van der Waals surface area contributed by atoms with Crippen molar-refractivity contribution in [1.29, 1.82) is 0 Å². The van der Waals surface area contributed by atoms with Gasteiger partial charge >= 0.3 is 6.18 Å². The lowest BCUT2D eigenvalue weighted by molar-refractivity contribution is -0.137. The van der Waals surface area contributed by atoms with Crippen LogP contribution < -0.4 is 9.64 Å². The molecule has 2 aliphatic carbocycles. The van der Waals surface area contributed by atoms with E-state index in [1.165, 1.54) is 12.4 Å². The highest BCUT2D eigenvalue weighted by molar-refractivity contribution is 8.93. The number of hydrogen-bond acceptors (Lipinski definition) is 8. The first-order chi connectivity index (χ1) is 24.0. The molecule has 1 saturated heterocycles. The minimum atomic E-state index is -4.61. The number of aromatic nitrogens is 3. The number of anilines is 1. The van der Waals surface area contributed by atoms with Crippen molar-refractivity contribution in [1.82, 2.24) is 15.0 Å². The molecule has 0 bridgehead atoms. The number of piperidine rings is 1. The van der Waals surface area contributed by atoms with E-state index in [4.69, 9.17) is 14.8 Å². The Morgan fingerprint density at radius 3 is 2.11 bits per heavy atom. The van der Waals surface area contributed by atoms with Crippen LogP contribution in [0.1, 0.15) is 122 Å². The Bertz CT molecular complexity index is 1670. The maximum atomic E-state index is 17.2. The molecule has 0 unspecified atom stereocenters. The molecule has 1 aliphatic heterocycles. The van der Waals surface area contributed by atoms with Crippen molar-refractivity contribution >= 4 is 39.9 Å². The monoisotopic (exact) mass is 882 g/mol. The Morgan fingerprint density at radius 2 is 1.55 bits per heavy atom. The Morgan fingerprint density at radius 1 is 0.943 bits per heavy atom. The molecule has 6 rings (SSSR count). The normalized spacial score (nSPS) is 21.5. The molecule has 3 aromatic rings. The summed E-state index contributed by atoms with van der Waals surface area (Å²) in [4.78, 5) is 15.8. The van der Waals surface area contributed by atoms with Crippen LogP contribution in [0.5, 0.6) is 5.75 Å². The van der Waals surface area contributed by atoms with Gasteiger partial charge in [-0.05, 0) is 73.1 Å². The van der Waals surface area contributed by atoms with E-state index >= 15 is 4.39 Å². The summed E-state index contributed by atoms with van der Waals surface area (Å²) >= 11 is 0. The number of aliphatic hydroxyl groups excluding tert-OH is 3. The number of pyridine rings is 1. The van der Waals surface area contributed by atoms with Gasteiger partial charge in [0.1, 0.15) is 12.7 Å². The van der Waals surface area contributed by atoms with Gasteiger partial charge in [0.15, 0.2) is 11.9 Å². The number of nitrogens with zero attached hydrogens (tertiary/aromatic N) is 4. The topological polar surface area (TPSA) is 112 Å². The van der Waals surface area contributed by atoms with Crippen LogP contribution in [0.15, 0.2) is 36.7 Å². The third-order valence-corrected chi connectivity index (χ3v) is 10.5. The van der Waals surface area contributed by atoms with Crippen LogP contribution in [0, 0.1) is 5.41 Å². The molecule has 3 atom stereocenters. The summed E-state index contributed by atoms with van der Waals surface area (Å²) in [6.45, 7) is 4.41. The number of alkyl halides is 6. The van der Waals surface area contributed by atoms with Crippen molar-refractivity contribution in [3.05, 3.63) is 75.9 Å². The van der Waals surface area contributed by atoms with Gasteiger partial charge in [-0.1, -0.05) is 26.0 Å². The molecule has 1 aromatic carbocycles. The van der Waals surface area contributed by atoms with E-state index in [1.54, 1.807) is 0 Å². The van der Waals surface area contributed by atoms with Gasteiger partial charge in [-0.25, -0.2) is 23.1 Å². The number of aliphatic hydroxyl groups is 3. The fourth-order valence-corrected chi connectivity index (χ4v) is 7.86. The van der Waals surface area contributed by atoms with Crippen LogP contribution in [0.4, 0.5) is 32.3 Å². The van der Waals surface area contributed by atoms with Crippen LogP contribution in [0.2, 0.25) is 0 Å². The number of hydrogen-bond donors (Lipinski definition) is 3. The van der Waals surface area contributed by atoms with E-state index in [2.05, 4.69) is 9.97 Å². The first-order valence-corrected chi connectivity index (χ1v) is 17.5. The average molecular weight is 885 g/mol. The standard InChI is InChI=1S/C37H44F6N4O4.2BrH/c1-35(2)15-27-30(28(50)16-35)29(21-7-11-36(39,40)12-8-21)31(32(38)22-3-5-24(6-4-22)37(41,42)43)33(46-27)23-9-13-47(14-10-23)34-44-17-26(18-45-34)51-20-25(49)19-48;;/h3-6,17-18,21,23,25,28,32,48-50H,7-16,19-20H2,1-2H3;2*1H/t25-,28-,32-;;/m0../s1. The van der Waals surface area contributed by atoms with Gasteiger partial charge in [-0.3, -0.25) is 4.98 Å². The highest BCUT2D eigenvalue weighted by Gasteiger charge is 2.44. The molecule has 3 N–H and O–H groups in total. The minimum absolute atomic E-state index is 0. The van der Waals surface area contributed by atoms with E-state index in [1.807, 2.05) is 18.7 Å². The smallest absolute Gasteiger partial charge is 0.416 e. The summed E-state index contributed by atoms with van der Waals surface area (Å²) in [6, 6.07) is 3.92. The highest BCUT2D eigenvalue weighted by Crippen LogP contribution is 2.52. The molecule has 3 heterocycles. The van der Waals surface area contributed by atoms with E-state index < -0.39 is 48.6 Å². The van der Waals surface area contributed by atoms with Gasteiger partial charge < -0.3 is 25.0 Å². The van der Waals surface area contributed by atoms with Crippen LogP contribution >= 0.6 is 34.0 Å². The van der Waals surface area contributed by atoms with Crippen molar-refractivity contribution in [2.45, 2.75) is 108 Å². The second-order valence-electron chi connectivity index (χ2n) is 15.0. The lowest BCUT2D eigenvalue weighted by Crippen LogP contribution is -2.36. The molecule has 0 amide bonds. The molecule has 53 heavy (non-hydrogen) atoms. The highest BCUT2D eigenvalue weighted by atomic mass is 79.9. The first kappa shape index (κ1) is 43.2. The Kier molecular flexibility index (Phi) is 13.9. The maximum absolute atomic E-state index is 17.2. The van der Waals surface area contributed by atoms with Crippen molar-refractivity contribution < 1.29 is 46.4 Å². The summed E-state index contributed by atoms with van der Waals surface area (Å²) in [7, 11) is 0. The SMILES string of the molecule is Br.Br.CC1(C)Cc2nc(C3CCN(c4ncc(OC[C@@H](O)CO)cn4)CC3)c([C@@H](F)c3ccc(C(F)(F)F)cc3)c(C3CCC(F)(F)CC3)c2[C@@H](O)C1. The molecule has 2 fully saturated rings. The summed E-state index contributed by atoms with van der Waals surface area (Å²) in [5.74, 6) is -2.85. The lowest BCUT2D eigenvalue weighted by Gasteiger charge is -2.41. The molecule has 8 nitrogen and oxygen atoms in total. The number of rotatable bonds is 9. The van der Waals surface area contributed by atoms with Gasteiger partial charge in [-0.15, -0.1) is 34.0 Å². The molecule has 294 valence electrons. The largest absolute Gasteiger partial charge is 0.488 e. The van der Waals surface area contributed by atoms with Gasteiger partial charge in [0.05, 0.1) is 36.4 Å². The van der Waals surface area contributed by atoms with Crippen molar-refractivity contribution in [3.8, 4) is 5.75 Å². The van der Waals surface area contributed by atoms with Crippen LogP contribution in [0.25, 0.3) is 0 Å². The lowest BCUT2D eigenvalue weighted by atomic mass is 9.68. The molecule has 16 heteroatoms. The van der Waals surface area contributed by atoms with Gasteiger partial charge in [0, 0.05) is 48.7 Å². The quantitative estimate of drug-likeness (QED) is 0.184. The molecular formula is C37H46Br2F6N4O4. The Balaban J connectivity index is 0.00000314. The fourth-order valence-electron chi connectivity index (χ4n) is 7.86. The Labute approximate surface area is 325 Å². The summed E-state index contributed by atoms with van der Waals surface area (Å²) < 4.78 is 91.8. The van der Waals surface area contributed by atoms with E-state index in [9.17, 15) is 32.2 Å². The summed E-state index contributed by atoms with van der Waals surface area (Å²) in [6.07, 6.45) is -4.33. The zero-order valence-corrected chi connectivity index (χ0v) is 32.9. The van der Waals surface area contributed by atoms with Crippen molar-refractivity contribution in [2.75, 3.05) is 31.2 Å². The second-order valence-corrected chi connectivity index (χ2v) is 15.0. The molecule has 0 spiro atoms. The predicted octanol–water partition coefficient (Wildman–Crippen LogP) is 8.52. The van der Waals surface area contributed by atoms with Crippen molar-refractivity contribution in [3.63, 3.8) is 0 Å². The zero-order valence-electron chi connectivity index (χ0n) is 29.5. The van der Waals surface area contributed by atoms with Gasteiger partial charge in [0.2, 0.25) is 11.9 Å². The summed E-state index contributed by atoms with van der Waals surface area (Å²) in [5, 5.41) is 30.1. The van der Waals surface area contributed by atoms with E-state index in [0.717, 1.165) is 24.3 Å². The molecule has 0 radical (unpaired) electrons. The molecular weight excluding hydrogens is 838 g/mol. The van der Waals surface area contributed by atoms with Gasteiger partial charge in [-0.2, -0.15) is 13.2 Å². The third-order valence-electron chi connectivity index (χ3n) is 10.5. The molecule has 2 aromatic heterocycles. The van der Waals surface area contributed by atoms with Crippen LogP contribution in [-0.2, 0) is 12.6 Å². The van der Waals surface area contributed by atoms with E-state index in [-0.39, 0.29) is 88.7 Å². The van der Waals surface area contributed by atoms with Gasteiger partial charge in [0.25, 0.3) is 0 Å². The molecule has 3 aliphatic rings. The number of ether oxygens (including phenoxy) is 1. The first-order valence-electron chi connectivity index (χ1n) is 17.5. The van der Waals surface area contributed by atoms with Crippen LogP contribution in [-0.4, -0.2) is 68.6 Å². The van der Waals surface area contributed by atoms with E-state index in [0.29, 0.717) is 73.0 Å². The molecule has 1 saturated carbocycles. The minimum Gasteiger partial charge on any atom is -0.488 e. The second kappa shape index (κ2) is 17.1. The third kappa shape index (κ3) is 9.83. The number of benzene rings is 1. The predicted molar refractivity (Wildman–Crippen MR) is 197 cm³/mol. The number of fused-ring (bicyclic) bond motifs is 1.